The molecule has 0 radical (unpaired) electrons. The molecule has 0 bridgehead atoms. The van der Waals surface area contributed by atoms with Gasteiger partial charge in [-0.3, -0.25) is 0 Å². The van der Waals surface area contributed by atoms with Crippen molar-refractivity contribution in [1.82, 2.24) is 0 Å². The number of allylic oxidation sites excluding steroid dienone is 1. The Balaban J connectivity index is 1.81. The van der Waals surface area contributed by atoms with Crippen LogP contribution in [-0.4, -0.2) is 5.97 Å². The van der Waals surface area contributed by atoms with E-state index in [4.69, 9.17) is 4.74 Å². The minimum Gasteiger partial charge on any atom is -0.423 e. The Morgan fingerprint density at radius 3 is 2.33 bits per heavy atom. The largest absolute Gasteiger partial charge is 0.423 e. The van der Waals surface area contributed by atoms with Crippen LogP contribution in [0.25, 0.3) is 11.6 Å². The second kappa shape index (κ2) is 8.75. The maximum Gasteiger partial charge on any atom is 0.343 e. The van der Waals surface area contributed by atoms with Crippen molar-refractivity contribution in [2.24, 2.45) is 0 Å². The summed E-state index contributed by atoms with van der Waals surface area (Å²) in [5, 5.41) is 9.44. The van der Waals surface area contributed by atoms with Gasteiger partial charge in [0.05, 0.1) is 17.2 Å². The third-order valence-electron chi connectivity index (χ3n) is 4.65. The number of nitrogens with zero attached hydrogens (tertiary/aromatic N) is 1. The first-order valence-electron chi connectivity index (χ1n) is 9.57. The third kappa shape index (κ3) is 5.01. The number of esters is 1. The number of benzene rings is 3. The summed E-state index contributed by atoms with van der Waals surface area (Å²) in [6.07, 6.45) is 1.56. The molecular formula is C26H22FNO2. The summed E-state index contributed by atoms with van der Waals surface area (Å²) in [6, 6.07) is 22.2. The van der Waals surface area contributed by atoms with Crippen molar-refractivity contribution >= 4 is 17.6 Å². The van der Waals surface area contributed by atoms with E-state index in [-0.39, 0.29) is 16.6 Å². The first-order valence-corrected chi connectivity index (χ1v) is 9.57. The quantitative estimate of drug-likeness (QED) is 0.221. The van der Waals surface area contributed by atoms with E-state index in [1.807, 2.05) is 18.2 Å². The zero-order chi connectivity index (χ0) is 21.7. The van der Waals surface area contributed by atoms with E-state index in [0.29, 0.717) is 16.9 Å². The van der Waals surface area contributed by atoms with Crippen molar-refractivity contribution < 1.29 is 13.9 Å². The molecule has 0 aliphatic carbocycles. The van der Waals surface area contributed by atoms with Gasteiger partial charge in [-0.1, -0.05) is 63.2 Å². The lowest BCUT2D eigenvalue weighted by molar-refractivity contribution is 0.0734. The molecule has 0 saturated carbocycles. The highest BCUT2D eigenvalue weighted by molar-refractivity contribution is 5.92. The summed E-state index contributed by atoms with van der Waals surface area (Å²) in [6.45, 7) is 6.32. The second-order valence-electron chi connectivity index (χ2n) is 7.94. The van der Waals surface area contributed by atoms with Crippen molar-refractivity contribution in [3.63, 3.8) is 0 Å². The van der Waals surface area contributed by atoms with Gasteiger partial charge in [-0.05, 0) is 52.9 Å². The van der Waals surface area contributed by atoms with Crippen molar-refractivity contribution in [1.29, 1.82) is 5.26 Å². The molecule has 0 atom stereocenters. The van der Waals surface area contributed by atoms with Crippen LogP contribution in [0.2, 0.25) is 0 Å². The highest BCUT2D eigenvalue weighted by Crippen LogP contribution is 2.24. The van der Waals surface area contributed by atoms with E-state index in [0.717, 1.165) is 5.56 Å². The molecule has 0 fully saturated rings. The average molecular weight is 399 g/mol. The van der Waals surface area contributed by atoms with Gasteiger partial charge in [0.15, 0.2) is 0 Å². The number of hydrogen-bond donors (Lipinski definition) is 0. The Morgan fingerprint density at radius 2 is 1.70 bits per heavy atom. The van der Waals surface area contributed by atoms with Crippen LogP contribution < -0.4 is 4.74 Å². The average Bonchev–Trinajstić information content (AvgIpc) is 2.72. The van der Waals surface area contributed by atoms with Gasteiger partial charge in [0.2, 0.25) is 0 Å². The predicted octanol–water partition coefficient (Wildman–Crippen LogP) is 6.41. The van der Waals surface area contributed by atoms with Crippen molar-refractivity contribution in [2.75, 3.05) is 0 Å². The Bertz CT molecular complexity index is 1130. The second-order valence-corrected chi connectivity index (χ2v) is 7.94. The third-order valence-corrected chi connectivity index (χ3v) is 4.65. The SMILES string of the molecule is CC(C)(C)c1ccc(C(=O)Oc2cccc(/C=C(/C#N)c3ccccc3F)c2)cc1. The van der Waals surface area contributed by atoms with Gasteiger partial charge < -0.3 is 4.74 Å². The summed E-state index contributed by atoms with van der Waals surface area (Å²) < 4.78 is 19.5. The van der Waals surface area contributed by atoms with Crippen LogP contribution >= 0.6 is 0 Å². The number of halogens is 1. The predicted molar refractivity (Wildman–Crippen MR) is 116 cm³/mol. The molecule has 3 rings (SSSR count). The Morgan fingerprint density at radius 1 is 1.00 bits per heavy atom. The van der Waals surface area contributed by atoms with Crippen LogP contribution in [-0.2, 0) is 5.41 Å². The van der Waals surface area contributed by atoms with Crippen LogP contribution in [0.5, 0.6) is 5.75 Å². The lowest BCUT2D eigenvalue weighted by Crippen LogP contribution is -2.12. The van der Waals surface area contributed by atoms with Crippen molar-refractivity contribution in [2.45, 2.75) is 26.2 Å². The van der Waals surface area contributed by atoms with Crippen LogP contribution in [0.3, 0.4) is 0 Å². The molecule has 4 heteroatoms. The van der Waals surface area contributed by atoms with E-state index >= 15 is 0 Å². The Kier molecular flexibility index (Phi) is 6.13. The van der Waals surface area contributed by atoms with Crippen LogP contribution in [0.15, 0.2) is 72.8 Å². The highest BCUT2D eigenvalue weighted by atomic mass is 19.1. The molecule has 0 unspecified atom stereocenters. The first-order chi connectivity index (χ1) is 14.3. The van der Waals surface area contributed by atoms with E-state index in [9.17, 15) is 14.4 Å². The van der Waals surface area contributed by atoms with E-state index in [1.165, 1.54) is 6.07 Å². The summed E-state index contributed by atoms with van der Waals surface area (Å²) in [5.74, 6) is -0.586. The topological polar surface area (TPSA) is 50.1 Å². The molecule has 0 heterocycles. The molecule has 0 aliphatic rings. The Labute approximate surface area is 176 Å². The maximum atomic E-state index is 14.0. The first kappa shape index (κ1) is 21.0. The normalized spacial score (nSPS) is 11.6. The minimum atomic E-state index is -0.466. The van der Waals surface area contributed by atoms with Gasteiger partial charge in [0.1, 0.15) is 11.6 Å². The van der Waals surface area contributed by atoms with Gasteiger partial charge in [0.25, 0.3) is 0 Å². The van der Waals surface area contributed by atoms with Crippen LogP contribution in [0, 0.1) is 17.1 Å². The monoisotopic (exact) mass is 399 g/mol. The number of nitriles is 1. The molecule has 0 N–H and O–H groups in total. The van der Waals surface area contributed by atoms with E-state index in [1.54, 1.807) is 60.7 Å². The summed E-state index contributed by atoms with van der Waals surface area (Å²) >= 11 is 0. The molecule has 0 aromatic heterocycles. The number of ether oxygens (including phenoxy) is 1. The van der Waals surface area contributed by atoms with Gasteiger partial charge in [-0.15, -0.1) is 0 Å². The smallest absolute Gasteiger partial charge is 0.343 e. The van der Waals surface area contributed by atoms with E-state index in [2.05, 4.69) is 20.8 Å². The number of carbonyl (C=O) groups excluding carboxylic acids is 1. The summed E-state index contributed by atoms with van der Waals surface area (Å²) in [4.78, 5) is 12.5. The lowest BCUT2D eigenvalue weighted by atomic mass is 9.87. The molecule has 0 saturated heterocycles. The molecular weight excluding hydrogens is 377 g/mol. The lowest BCUT2D eigenvalue weighted by Gasteiger charge is -2.18. The standard InChI is InChI=1S/C26H22FNO2/c1-26(2,3)21-13-11-19(12-14-21)25(29)30-22-8-6-7-18(16-22)15-20(17-28)23-9-4-5-10-24(23)27/h4-16H,1-3H3/b20-15-. The van der Waals surface area contributed by atoms with Crippen LogP contribution in [0.4, 0.5) is 4.39 Å². The maximum absolute atomic E-state index is 14.0. The summed E-state index contributed by atoms with van der Waals surface area (Å²) in [5.41, 5.74) is 2.62. The fourth-order valence-corrected chi connectivity index (χ4v) is 2.96. The molecule has 3 aromatic carbocycles. The molecule has 30 heavy (non-hydrogen) atoms. The van der Waals surface area contributed by atoms with Crippen LogP contribution in [0.1, 0.15) is 47.8 Å². The molecule has 0 spiro atoms. The van der Waals surface area contributed by atoms with Gasteiger partial charge in [-0.2, -0.15) is 5.26 Å². The van der Waals surface area contributed by atoms with Crippen molar-refractivity contribution in [3.8, 4) is 11.8 Å². The molecule has 3 nitrogen and oxygen atoms in total. The van der Waals surface area contributed by atoms with Gasteiger partial charge in [0, 0.05) is 5.56 Å². The number of carbonyl (C=O) groups is 1. The summed E-state index contributed by atoms with van der Waals surface area (Å²) in [7, 11) is 0. The zero-order valence-corrected chi connectivity index (χ0v) is 17.1. The van der Waals surface area contributed by atoms with Gasteiger partial charge >= 0.3 is 5.97 Å². The fraction of sp³-hybridized carbons (Fsp3) is 0.154. The van der Waals surface area contributed by atoms with E-state index < -0.39 is 11.8 Å². The van der Waals surface area contributed by atoms with Crippen molar-refractivity contribution in [3.05, 3.63) is 101 Å². The minimum absolute atomic E-state index is 0.000221. The highest BCUT2D eigenvalue weighted by Gasteiger charge is 2.15. The number of hydrogen-bond acceptors (Lipinski definition) is 3. The fourth-order valence-electron chi connectivity index (χ4n) is 2.96. The Hall–Kier alpha value is -3.71. The molecule has 150 valence electrons. The molecule has 0 amide bonds. The number of rotatable bonds is 4. The molecule has 0 aliphatic heterocycles. The van der Waals surface area contributed by atoms with Gasteiger partial charge in [-0.25, -0.2) is 9.18 Å². The molecule has 3 aromatic rings. The zero-order valence-electron chi connectivity index (χ0n) is 17.1.